The molecule has 0 aromatic rings. The zero-order valence-corrected chi connectivity index (χ0v) is 5.80. The summed E-state index contributed by atoms with van der Waals surface area (Å²) in [6.45, 7) is 0.161. The van der Waals surface area contributed by atoms with E-state index in [0.29, 0.717) is 5.04 Å². The topological polar surface area (TPSA) is 84.9 Å². The lowest BCUT2D eigenvalue weighted by Crippen LogP contribution is -2.24. The van der Waals surface area contributed by atoms with Crippen LogP contribution in [0.15, 0.2) is 5.16 Å². The van der Waals surface area contributed by atoms with Gasteiger partial charge >= 0.3 is 0 Å². The van der Waals surface area contributed by atoms with Gasteiger partial charge in [-0.05, 0) is 0 Å². The van der Waals surface area contributed by atoms with Gasteiger partial charge in [0, 0.05) is 0 Å². The molecule has 0 aromatic carbocycles. The van der Waals surface area contributed by atoms with Gasteiger partial charge in [-0.15, -0.1) is 0 Å². The van der Waals surface area contributed by atoms with Gasteiger partial charge in [-0.25, -0.2) is 0 Å². The molecule has 1 aliphatic rings. The quantitative estimate of drug-likeness (QED) is 0.396. The number of carbonyl (C=O) groups excluding carboxylic acids is 1. The molecule has 1 heterocycles. The lowest BCUT2D eigenvalue weighted by molar-refractivity contribution is -0.123. The van der Waals surface area contributed by atoms with E-state index in [-0.39, 0.29) is 6.61 Å². The summed E-state index contributed by atoms with van der Waals surface area (Å²) in [5, 5.41) is 11.4. The summed E-state index contributed by atoms with van der Waals surface area (Å²) < 4.78 is 4.82. The Labute approximate surface area is 61.2 Å². The summed E-state index contributed by atoms with van der Waals surface area (Å²) in [6, 6.07) is 0. The van der Waals surface area contributed by atoms with E-state index in [1.165, 1.54) is 0 Å². The Morgan fingerprint density at radius 3 is 3.00 bits per heavy atom. The molecule has 0 bridgehead atoms. The molecular weight excluding hydrogens is 156 g/mol. The van der Waals surface area contributed by atoms with Crippen molar-refractivity contribution in [2.24, 2.45) is 10.9 Å². The molecule has 3 N–H and O–H groups in total. The highest BCUT2D eigenvalue weighted by molar-refractivity contribution is 8.15. The second-order valence-electron chi connectivity index (χ2n) is 1.66. The molecule has 6 heteroatoms. The second-order valence-corrected chi connectivity index (χ2v) is 2.79. The number of rotatable bonds is 1. The Kier molecular flexibility index (Phi) is 2.13. The Morgan fingerprint density at radius 2 is 2.70 bits per heavy atom. The van der Waals surface area contributed by atoms with E-state index in [1.807, 2.05) is 0 Å². The highest BCUT2D eigenvalue weighted by Gasteiger charge is 2.27. The number of ether oxygens (including phenoxy) is 1. The molecule has 1 rings (SSSR count). The van der Waals surface area contributed by atoms with Gasteiger partial charge in [0.05, 0.1) is 0 Å². The van der Waals surface area contributed by atoms with Crippen molar-refractivity contribution in [1.82, 2.24) is 0 Å². The SMILES string of the molecule is NC(=O)C1OC/C(=N/O)S1. The number of hydrogen-bond donors (Lipinski definition) is 2. The van der Waals surface area contributed by atoms with E-state index in [0.717, 1.165) is 11.8 Å². The van der Waals surface area contributed by atoms with Crippen molar-refractivity contribution in [3.8, 4) is 0 Å². The average molecular weight is 162 g/mol. The first kappa shape index (κ1) is 7.36. The van der Waals surface area contributed by atoms with E-state index < -0.39 is 11.3 Å². The fraction of sp³-hybridized carbons (Fsp3) is 0.500. The third-order valence-electron chi connectivity index (χ3n) is 0.945. The van der Waals surface area contributed by atoms with Crippen molar-refractivity contribution >= 4 is 22.7 Å². The summed E-state index contributed by atoms with van der Waals surface area (Å²) in [7, 11) is 0. The summed E-state index contributed by atoms with van der Waals surface area (Å²) in [5.74, 6) is -0.552. The van der Waals surface area contributed by atoms with Crippen molar-refractivity contribution in [3.63, 3.8) is 0 Å². The van der Waals surface area contributed by atoms with E-state index in [9.17, 15) is 4.79 Å². The Balaban J connectivity index is 2.51. The Morgan fingerprint density at radius 1 is 2.00 bits per heavy atom. The molecule has 56 valence electrons. The minimum atomic E-state index is -0.689. The van der Waals surface area contributed by atoms with Crippen LogP contribution in [0.4, 0.5) is 0 Å². The minimum Gasteiger partial charge on any atom is -0.410 e. The lowest BCUT2D eigenvalue weighted by Gasteiger charge is -1.98. The first-order valence-corrected chi connectivity index (χ1v) is 3.40. The van der Waals surface area contributed by atoms with Crippen LogP contribution in [-0.2, 0) is 9.53 Å². The molecule has 0 aromatic heterocycles. The van der Waals surface area contributed by atoms with Crippen LogP contribution in [0.25, 0.3) is 0 Å². The van der Waals surface area contributed by atoms with Gasteiger partial charge < -0.3 is 15.7 Å². The van der Waals surface area contributed by atoms with Crippen LogP contribution < -0.4 is 5.73 Å². The first-order chi connectivity index (χ1) is 4.74. The second kappa shape index (κ2) is 2.89. The van der Waals surface area contributed by atoms with Gasteiger partial charge in [0.25, 0.3) is 5.91 Å². The fourth-order valence-corrected chi connectivity index (χ4v) is 1.21. The summed E-state index contributed by atoms with van der Waals surface area (Å²) in [4.78, 5) is 10.4. The van der Waals surface area contributed by atoms with Gasteiger partial charge in [-0.2, -0.15) is 0 Å². The van der Waals surface area contributed by atoms with E-state index in [2.05, 4.69) is 5.16 Å². The number of thioether (sulfide) groups is 1. The monoisotopic (exact) mass is 162 g/mol. The van der Waals surface area contributed by atoms with E-state index in [1.54, 1.807) is 0 Å². The number of primary amides is 1. The normalized spacial score (nSPS) is 29.2. The zero-order chi connectivity index (χ0) is 7.56. The number of oxime groups is 1. The average Bonchev–Trinajstić information content (AvgIpc) is 2.34. The molecular formula is C4H6N2O3S. The van der Waals surface area contributed by atoms with Crippen LogP contribution in [-0.4, -0.2) is 28.2 Å². The van der Waals surface area contributed by atoms with Crippen molar-refractivity contribution in [1.29, 1.82) is 0 Å². The molecule has 10 heavy (non-hydrogen) atoms. The summed E-state index contributed by atoms with van der Waals surface area (Å²) >= 11 is 1.02. The summed E-state index contributed by atoms with van der Waals surface area (Å²) in [6.07, 6.45) is 0. The number of nitrogens with two attached hydrogens (primary N) is 1. The molecule has 0 aliphatic carbocycles. The molecule has 1 aliphatic heterocycles. The van der Waals surface area contributed by atoms with Gasteiger partial charge in [0.15, 0.2) is 5.44 Å². The minimum absolute atomic E-state index is 0.161. The molecule has 0 radical (unpaired) electrons. The molecule has 1 unspecified atom stereocenters. The Hall–Kier alpha value is -0.750. The van der Waals surface area contributed by atoms with Crippen LogP contribution in [0.5, 0.6) is 0 Å². The van der Waals surface area contributed by atoms with E-state index >= 15 is 0 Å². The highest BCUT2D eigenvalue weighted by Crippen LogP contribution is 2.21. The molecule has 5 nitrogen and oxygen atoms in total. The molecule has 1 fully saturated rings. The van der Waals surface area contributed by atoms with E-state index in [4.69, 9.17) is 15.7 Å². The maximum Gasteiger partial charge on any atom is 0.257 e. The van der Waals surface area contributed by atoms with Crippen molar-refractivity contribution in [3.05, 3.63) is 0 Å². The summed E-state index contributed by atoms with van der Waals surface area (Å²) in [5.41, 5.74) is 4.20. The van der Waals surface area contributed by atoms with Gasteiger partial charge in [0.1, 0.15) is 11.7 Å². The third-order valence-corrected chi connectivity index (χ3v) is 2.00. The van der Waals surface area contributed by atoms with Crippen LogP contribution in [0, 0.1) is 0 Å². The van der Waals surface area contributed by atoms with Crippen LogP contribution in [0.2, 0.25) is 0 Å². The van der Waals surface area contributed by atoms with Gasteiger partial charge in [0.2, 0.25) is 0 Å². The van der Waals surface area contributed by atoms with Crippen LogP contribution in [0.3, 0.4) is 0 Å². The van der Waals surface area contributed by atoms with Crippen molar-refractivity contribution in [2.45, 2.75) is 5.44 Å². The van der Waals surface area contributed by atoms with Crippen LogP contribution in [0.1, 0.15) is 0 Å². The number of amides is 1. The molecule has 1 amide bonds. The van der Waals surface area contributed by atoms with Gasteiger partial charge in [-0.3, -0.25) is 4.79 Å². The van der Waals surface area contributed by atoms with Crippen LogP contribution >= 0.6 is 11.8 Å². The predicted molar refractivity (Wildman–Crippen MR) is 35.7 cm³/mol. The largest absolute Gasteiger partial charge is 0.410 e. The predicted octanol–water partition coefficient (Wildman–Crippen LogP) is -0.651. The molecule has 1 atom stereocenters. The number of nitrogens with zero attached hydrogens (tertiary/aromatic N) is 1. The fourth-order valence-electron chi connectivity index (χ4n) is 0.531. The molecule has 0 saturated carbocycles. The number of hydrogen-bond acceptors (Lipinski definition) is 5. The molecule has 0 spiro atoms. The maximum atomic E-state index is 10.4. The zero-order valence-electron chi connectivity index (χ0n) is 4.98. The van der Waals surface area contributed by atoms with Crippen molar-refractivity contribution < 1.29 is 14.7 Å². The lowest BCUT2D eigenvalue weighted by atomic mass is 10.7. The van der Waals surface area contributed by atoms with Crippen molar-refractivity contribution in [2.75, 3.05) is 6.61 Å². The molecule has 1 saturated heterocycles. The smallest absolute Gasteiger partial charge is 0.257 e. The number of carbonyl (C=O) groups is 1. The third kappa shape index (κ3) is 1.39. The highest BCUT2D eigenvalue weighted by atomic mass is 32.2. The van der Waals surface area contributed by atoms with Gasteiger partial charge in [-0.1, -0.05) is 16.9 Å². The maximum absolute atomic E-state index is 10.4. The standard InChI is InChI=1S/C4H6N2O3S/c5-3(7)4-9-1-2(6-8)10-4/h4,8H,1H2,(H2,5,7)/b6-2-. The Bertz CT molecular complexity index is 181. The first-order valence-electron chi connectivity index (χ1n) is 2.52.